The molecule has 0 amide bonds. The van der Waals surface area contributed by atoms with Gasteiger partial charge in [0, 0.05) is 33.9 Å². The number of rotatable bonds is 4. The van der Waals surface area contributed by atoms with Gasteiger partial charge in [-0.2, -0.15) is 0 Å². The maximum Gasteiger partial charge on any atom is 0.174 e. The van der Waals surface area contributed by atoms with Crippen LogP contribution in [0.2, 0.25) is 0 Å². The summed E-state index contributed by atoms with van der Waals surface area (Å²) in [5, 5.41) is 4.26. The Hall–Kier alpha value is -2.96. The number of anilines is 1. The Morgan fingerprint density at radius 1 is 0.879 bits per heavy atom. The number of hydrogen-bond acceptors (Lipinski definition) is 2. The van der Waals surface area contributed by atoms with Crippen LogP contribution in [0.15, 0.2) is 83.6 Å². The minimum absolute atomic E-state index is 0.0652. The van der Waals surface area contributed by atoms with Crippen LogP contribution in [0.5, 0.6) is 0 Å². The fraction of sp³-hybridized carbons (Fsp3) is 0.185. The zero-order valence-electron chi connectivity index (χ0n) is 18.8. The quantitative estimate of drug-likeness (QED) is 0.304. The van der Waals surface area contributed by atoms with Crippen molar-refractivity contribution in [3.63, 3.8) is 0 Å². The molecule has 5 rings (SSSR count). The van der Waals surface area contributed by atoms with Crippen molar-refractivity contribution in [1.82, 2.24) is 14.9 Å². The molecule has 0 saturated carbocycles. The molecule has 4 nitrogen and oxygen atoms in total. The molecule has 0 unspecified atom stereocenters. The summed E-state index contributed by atoms with van der Waals surface area (Å²) in [6, 6.07) is 23.1. The number of thiocarbonyl (C=S) groups is 1. The number of pyridine rings is 1. The summed E-state index contributed by atoms with van der Waals surface area (Å²) in [6.45, 7) is 6.40. The molecule has 6 heteroatoms. The average molecular weight is 517 g/mol. The van der Waals surface area contributed by atoms with Gasteiger partial charge in [-0.15, -0.1) is 0 Å². The van der Waals surface area contributed by atoms with E-state index in [9.17, 15) is 0 Å². The lowest BCUT2D eigenvalue weighted by Crippen LogP contribution is -2.30. The summed E-state index contributed by atoms with van der Waals surface area (Å²) in [6.07, 6.45) is 3.97. The van der Waals surface area contributed by atoms with Crippen molar-refractivity contribution < 1.29 is 0 Å². The number of hydrogen-bond donors (Lipinski definition) is 1. The summed E-state index contributed by atoms with van der Waals surface area (Å²) in [4.78, 5) is 6.90. The number of nitrogens with one attached hydrogen (secondary N) is 1. The van der Waals surface area contributed by atoms with E-state index in [2.05, 4.69) is 117 Å². The molecular formula is C27H25BrN4S. The Bertz CT molecular complexity index is 1330. The Kier molecular flexibility index (Phi) is 5.81. The first-order valence-electron chi connectivity index (χ1n) is 11.0. The highest BCUT2D eigenvalue weighted by atomic mass is 79.9. The van der Waals surface area contributed by atoms with E-state index in [4.69, 9.17) is 12.2 Å². The number of aromatic nitrogens is 2. The lowest BCUT2D eigenvalue weighted by atomic mass is 10.00. The Balaban J connectivity index is 1.68. The SMILES string of the molecule is Cc1ccc(-n2cccc2[C@H]2[C@@H](c3ccccn3)NC(=S)N2c2ccc(Br)c(C)c2)cc1C. The van der Waals surface area contributed by atoms with Crippen LogP contribution in [0.4, 0.5) is 5.69 Å². The van der Waals surface area contributed by atoms with Gasteiger partial charge in [-0.05, 0) is 104 Å². The molecular weight excluding hydrogens is 492 g/mol. The standard InChI is InChI=1S/C27H25BrN4S/c1-17-9-10-20(15-18(17)2)31-14-6-8-24(31)26-25(23-7-4-5-13-29-23)30-27(33)32(26)21-11-12-22(28)19(3)16-21/h4-16,25-26H,1-3H3,(H,30,33)/t25-,26+/m1/s1. The zero-order chi connectivity index (χ0) is 23.1. The second-order valence-corrected chi connectivity index (χ2v) is 9.74. The topological polar surface area (TPSA) is 33.1 Å². The van der Waals surface area contributed by atoms with Crippen LogP contribution in [0, 0.1) is 20.8 Å². The smallest absolute Gasteiger partial charge is 0.174 e. The van der Waals surface area contributed by atoms with E-state index in [1.165, 1.54) is 16.7 Å². The molecule has 1 saturated heterocycles. The number of aryl methyl sites for hydroxylation is 3. The van der Waals surface area contributed by atoms with Crippen LogP contribution in [-0.4, -0.2) is 14.7 Å². The van der Waals surface area contributed by atoms with Gasteiger partial charge in [-0.1, -0.05) is 28.1 Å². The predicted molar refractivity (Wildman–Crippen MR) is 142 cm³/mol. The maximum absolute atomic E-state index is 5.89. The fourth-order valence-corrected chi connectivity index (χ4v) is 5.05. The molecule has 1 fully saturated rings. The minimum atomic E-state index is -0.0807. The number of benzene rings is 2. The van der Waals surface area contributed by atoms with E-state index in [0.717, 1.165) is 27.2 Å². The molecule has 1 aliphatic heterocycles. The minimum Gasteiger partial charge on any atom is -0.351 e. The van der Waals surface area contributed by atoms with E-state index >= 15 is 0 Å². The monoisotopic (exact) mass is 516 g/mol. The van der Waals surface area contributed by atoms with Crippen molar-refractivity contribution in [1.29, 1.82) is 0 Å². The summed E-state index contributed by atoms with van der Waals surface area (Å²) in [5.41, 5.74) is 8.05. The van der Waals surface area contributed by atoms with Gasteiger partial charge in [0.05, 0.1) is 11.7 Å². The molecule has 0 radical (unpaired) electrons. The summed E-state index contributed by atoms with van der Waals surface area (Å²) in [5.74, 6) is 0. The van der Waals surface area contributed by atoms with Crippen molar-refractivity contribution in [3.8, 4) is 5.69 Å². The molecule has 2 aromatic carbocycles. The third kappa shape index (κ3) is 3.98. The van der Waals surface area contributed by atoms with Gasteiger partial charge >= 0.3 is 0 Å². The van der Waals surface area contributed by atoms with Crippen molar-refractivity contribution in [3.05, 3.63) is 112 Å². The van der Waals surface area contributed by atoms with Crippen LogP contribution in [-0.2, 0) is 0 Å². The molecule has 0 bridgehead atoms. The summed E-state index contributed by atoms with van der Waals surface area (Å²) >= 11 is 9.52. The second-order valence-electron chi connectivity index (χ2n) is 8.50. The van der Waals surface area contributed by atoms with Crippen molar-refractivity contribution in [2.45, 2.75) is 32.9 Å². The van der Waals surface area contributed by atoms with Crippen molar-refractivity contribution in [2.24, 2.45) is 0 Å². The molecule has 0 spiro atoms. The largest absolute Gasteiger partial charge is 0.351 e. The van der Waals surface area contributed by atoms with Crippen molar-refractivity contribution >= 4 is 38.9 Å². The Morgan fingerprint density at radius 3 is 2.39 bits per heavy atom. The third-order valence-electron chi connectivity index (χ3n) is 6.37. The van der Waals surface area contributed by atoms with Gasteiger partial charge in [-0.3, -0.25) is 4.98 Å². The van der Waals surface area contributed by atoms with E-state index in [-0.39, 0.29) is 12.1 Å². The van der Waals surface area contributed by atoms with E-state index in [1.54, 1.807) is 0 Å². The van der Waals surface area contributed by atoms with Gasteiger partial charge in [0.15, 0.2) is 5.11 Å². The molecule has 166 valence electrons. The summed E-state index contributed by atoms with van der Waals surface area (Å²) < 4.78 is 3.35. The molecule has 3 heterocycles. The first-order valence-corrected chi connectivity index (χ1v) is 12.2. The number of halogens is 1. The van der Waals surface area contributed by atoms with E-state index in [0.29, 0.717) is 5.11 Å². The zero-order valence-corrected chi connectivity index (χ0v) is 21.2. The molecule has 2 atom stereocenters. The first-order chi connectivity index (χ1) is 15.9. The average Bonchev–Trinajstić information content (AvgIpc) is 3.42. The van der Waals surface area contributed by atoms with Crippen LogP contribution < -0.4 is 10.2 Å². The van der Waals surface area contributed by atoms with Gasteiger partial charge < -0.3 is 14.8 Å². The lowest BCUT2D eigenvalue weighted by molar-refractivity contribution is 0.549. The van der Waals surface area contributed by atoms with Crippen molar-refractivity contribution in [2.75, 3.05) is 4.90 Å². The van der Waals surface area contributed by atoms with Crippen LogP contribution in [0.25, 0.3) is 5.69 Å². The van der Waals surface area contributed by atoms with Crippen LogP contribution >= 0.6 is 28.1 Å². The third-order valence-corrected chi connectivity index (χ3v) is 7.57. The van der Waals surface area contributed by atoms with E-state index in [1.807, 2.05) is 18.3 Å². The van der Waals surface area contributed by atoms with Gasteiger partial charge in [-0.25, -0.2) is 0 Å². The molecule has 4 aromatic rings. The normalized spacial score (nSPS) is 17.9. The first kappa shape index (κ1) is 21.9. The van der Waals surface area contributed by atoms with E-state index < -0.39 is 0 Å². The highest BCUT2D eigenvalue weighted by Crippen LogP contribution is 2.42. The highest BCUT2D eigenvalue weighted by molar-refractivity contribution is 9.10. The Labute approximate surface area is 208 Å². The second kappa shape index (κ2) is 8.76. The van der Waals surface area contributed by atoms with Gasteiger partial charge in [0.2, 0.25) is 0 Å². The van der Waals surface area contributed by atoms with Crippen LogP contribution in [0.1, 0.15) is 40.2 Å². The number of nitrogens with zero attached hydrogens (tertiary/aromatic N) is 3. The molecule has 0 aliphatic carbocycles. The molecule has 1 N–H and O–H groups in total. The van der Waals surface area contributed by atoms with Gasteiger partial charge in [0.1, 0.15) is 6.04 Å². The summed E-state index contributed by atoms with van der Waals surface area (Å²) in [7, 11) is 0. The maximum atomic E-state index is 5.89. The molecule has 33 heavy (non-hydrogen) atoms. The molecule has 1 aliphatic rings. The highest BCUT2D eigenvalue weighted by Gasteiger charge is 2.42. The van der Waals surface area contributed by atoms with Crippen LogP contribution in [0.3, 0.4) is 0 Å². The predicted octanol–water partition coefficient (Wildman–Crippen LogP) is 6.74. The Morgan fingerprint density at radius 2 is 1.67 bits per heavy atom. The fourth-order valence-electron chi connectivity index (χ4n) is 4.46. The molecule has 2 aromatic heterocycles. The van der Waals surface area contributed by atoms with Gasteiger partial charge in [0.25, 0.3) is 0 Å². The lowest BCUT2D eigenvalue weighted by Gasteiger charge is -2.29.